The Labute approximate surface area is 143 Å². The minimum Gasteiger partial charge on any atom is -0.361 e. The average Bonchev–Trinajstić information content (AvgIpc) is 3.26. The van der Waals surface area contributed by atoms with Crippen LogP contribution in [0, 0.1) is 0 Å². The predicted octanol–water partition coefficient (Wildman–Crippen LogP) is 3.23. The molecule has 2 aliphatic rings. The van der Waals surface area contributed by atoms with Crippen LogP contribution in [0.2, 0.25) is 0 Å². The molecule has 0 radical (unpaired) electrons. The van der Waals surface area contributed by atoms with Crippen molar-refractivity contribution in [2.75, 3.05) is 13.1 Å². The van der Waals surface area contributed by atoms with Crippen molar-refractivity contribution in [1.82, 2.24) is 15.2 Å². The Kier molecular flexibility index (Phi) is 4.56. The van der Waals surface area contributed by atoms with Gasteiger partial charge >= 0.3 is 0 Å². The smallest absolute Gasteiger partial charge is 0.224 e. The lowest BCUT2D eigenvalue weighted by Crippen LogP contribution is -2.52. The average molecular weight is 325 g/mol. The normalized spacial score (nSPS) is 25.2. The Hall–Kier alpha value is -1.81. The van der Waals surface area contributed by atoms with E-state index >= 15 is 0 Å². The summed E-state index contributed by atoms with van der Waals surface area (Å²) in [6, 6.07) is 9.07. The monoisotopic (exact) mass is 325 g/mol. The van der Waals surface area contributed by atoms with E-state index in [1.54, 1.807) is 0 Å². The van der Waals surface area contributed by atoms with Gasteiger partial charge in [-0.2, -0.15) is 0 Å². The molecule has 2 unspecified atom stereocenters. The van der Waals surface area contributed by atoms with Crippen LogP contribution in [0.25, 0.3) is 10.9 Å². The highest BCUT2D eigenvalue weighted by Gasteiger charge is 2.32. The van der Waals surface area contributed by atoms with E-state index in [1.807, 2.05) is 18.3 Å². The molecule has 1 aromatic heterocycles. The molecule has 1 aromatic carbocycles. The van der Waals surface area contributed by atoms with Crippen LogP contribution in [0.5, 0.6) is 0 Å². The number of H-pyrrole nitrogens is 1. The Bertz CT molecular complexity index is 702. The number of para-hydroxylation sites is 1. The fourth-order valence-electron chi connectivity index (χ4n) is 4.50. The Balaban J connectivity index is 1.42. The Morgan fingerprint density at radius 3 is 2.79 bits per heavy atom. The van der Waals surface area contributed by atoms with Crippen molar-refractivity contribution in [1.29, 1.82) is 0 Å². The molecule has 0 bridgehead atoms. The lowest BCUT2D eigenvalue weighted by Gasteiger charge is -2.38. The number of benzene rings is 1. The number of amides is 1. The van der Waals surface area contributed by atoms with E-state index in [0.717, 1.165) is 22.9 Å². The maximum Gasteiger partial charge on any atom is 0.224 e. The number of nitrogens with one attached hydrogen (secondary N) is 2. The molecule has 2 fully saturated rings. The summed E-state index contributed by atoms with van der Waals surface area (Å²) in [6.45, 7) is 2.42. The van der Waals surface area contributed by atoms with Gasteiger partial charge in [0.1, 0.15) is 0 Å². The van der Waals surface area contributed by atoms with Crippen molar-refractivity contribution in [2.45, 2.75) is 57.0 Å². The van der Waals surface area contributed by atoms with E-state index in [9.17, 15) is 4.79 Å². The van der Waals surface area contributed by atoms with E-state index < -0.39 is 0 Å². The van der Waals surface area contributed by atoms with Crippen molar-refractivity contribution >= 4 is 16.8 Å². The molecule has 1 aliphatic heterocycles. The van der Waals surface area contributed by atoms with Gasteiger partial charge in [-0.05, 0) is 50.4 Å². The maximum absolute atomic E-state index is 12.6. The van der Waals surface area contributed by atoms with Crippen LogP contribution >= 0.6 is 0 Å². The number of hydrogen-bond acceptors (Lipinski definition) is 2. The second-order valence-electron chi connectivity index (χ2n) is 7.31. The van der Waals surface area contributed by atoms with E-state index in [-0.39, 0.29) is 5.91 Å². The molecule has 1 aliphatic carbocycles. The quantitative estimate of drug-likeness (QED) is 0.906. The summed E-state index contributed by atoms with van der Waals surface area (Å²) in [4.78, 5) is 18.5. The number of aromatic nitrogens is 1. The van der Waals surface area contributed by atoms with Gasteiger partial charge < -0.3 is 10.3 Å². The predicted molar refractivity (Wildman–Crippen MR) is 97.0 cm³/mol. The second-order valence-corrected chi connectivity index (χ2v) is 7.31. The first-order valence-electron chi connectivity index (χ1n) is 9.40. The number of hydrogen-bond donors (Lipinski definition) is 2. The third-order valence-corrected chi connectivity index (χ3v) is 5.71. The van der Waals surface area contributed by atoms with Crippen LogP contribution in [0.1, 0.15) is 44.1 Å². The number of carbonyl (C=O) groups excluding carboxylic acids is 1. The molecule has 1 saturated carbocycles. The molecule has 0 spiro atoms. The fraction of sp³-hybridized carbons (Fsp3) is 0.550. The van der Waals surface area contributed by atoms with Gasteiger partial charge in [0.05, 0.1) is 6.42 Å². The molecule has 2 heterocycles. The Morgan fingerprint density at radius 1 is 1.12 bits per heavy atom. The highest BCUT2D eigenvalue weighted by atomic mass is 16.1. The zero-order valence-electron chi connectivity index (χ0n) is 14.3. The summed E-state index contributed by atoms with van der Waals surface area (Å²) in [5, 5.41) is 4.51. The van der Waals surface area contributed by atoms with Crippen molar-refractivity contribution in [3.63, 3.8) is 0 Å². The molecular weight excluding hydrogens is 298 g/mol. The molecule has 1 amide bonds. The van der Waals surface area contributed by atoms with Crippen LogP contribution in [0.4, 0.5) is 0 Å². The second kappa shape index (κ2) is 6.98. The van der Waals surface area contributed by atoms with Crippen molar-refractivity contribution in [3.05, 3.63) is 36.0 Å². The summed E-state index contributed by atoms with van der Waals surface area (Å²) in [6.07, 6.45) is 9.96. The van der Waals surface area contributed by atoms with Crippen LogP contribution in [0.15, 0.2) is 30.5 Å². The summed E-state index contributed by atoms with van der Waals surface area (Å²) in [7, 11) is 0. The van der Waals surface area contributed by atoms with Crippen molar-refractivity contribution < 1.29 is 4.79 Å². The molecule has 2 N–H and O–H groups in total. The molecule has 2 aromatic rings. The standard InChI is InChI=1S/C20H27N3O/c24-20(13-15-14-21-17-8-2-1-7-16(15)17)22-18-9-3-4-10-19(18)23-11-5-6-12-23/h1-2,7-8,14,18-19,21H,3-6,9-13H2,(H,22,24). The first kappa shape index (κ1) is 15.7. The molecule has 4 nitrogen and oxygen atoms in total. The number of nitrogens with zero attached hydrogens (tertiary/aromatic N) is 1. The van der Waals surface area contributed by atoms with Crippen LogP contribution in [-0.4, -0.2) is 41.0 Å². The molecule has 128 valence electrons. The highest BCUT2D eigenvalue weighted by Crippen LogP contribution is 2.26. The van der Waals surface area contributed by atoms with Crippen LogP contribution in [0.3, 0.4) is 0 Å². The maximum atomic E-state index is 12.6. The summed E-state index contributed by atoms with van der Waals surface area (Å²) in [5.41, 5.74) is 2.20. The van der Waals surface area contributed by atoms with Gasteiger partial charge in [0.15, 0.2) is 0 Å². The third-order valence-electron chi connectivity index (χ3n) is 5.71. The zero-order valence-corrected chi connectivity index (χ0v) is 14.3. The SMILES string of the molecule is O=C(Cc1c[nH]c2ccccc12)NC1CCCCC1N1CCCC1. The van der Waals surface area contributed by atoms with E-state index in [0.29, 0.717) is 18.5 Å². The van der Waals surface area contributed by atoms with Gasteiger partial charge in [-0.1, -0.05) is 31.0 Å². The lowest BCUT2D eigenvalue weighted by molar-refractivity contribution is -0.121. The van der Waals surface area contributed by atoms with Gasteiger partial charge in [0, 0.05) is 29.2 Å². The van der Waals surface area contributed by atoms with Gasteiger partial charge in [0.25, 0.3) is 0 Å². The number of aromatic amines is 1. The van der Waals surface area contributed by atoms with E-state index in [2.05, 4.69) is 27.3 Å². The topological polar surface area (TPSA) is 48.1 Å². The number of rotatable bonds is 4. The number of likely N-dealkylation sites (tertiary alicyclic amines) is 1. The molecule has 4 rings (SSSR count). The molecule has 2 atom stereocenters. The fourth-order valence-corrected chi connectivity index (χ4v) is 4.50. The highest BCUT2D eigenvalue weighted by molar-refractivity contribution is 5.88. The van der Waals surface area contributed by atoms with Crippen molar-refractivity contribution in [2.24, 2.45) is 0 Å². The van der Waals surface area contributed by atoms with E-state index in [1.165, 1.54) is 45.2 Å². The van der Waals surface area contributed by atoms with Crippen LogP contribution < -0.4 is 5.32 Å². The first-order chi connectivity index (χ1) is 11.8. The first-order valence-corrected chi connectivity index (χ1v) is 9.40. The molecule has 1 saturated heterocycles. The zero-order chi connectivity index (χ0) is 16.4. The van der Waals surface area contributed by atoms with Gasteiger partial charge in [-0.25, -0.2) is 0 Å². The van der Waals surface area contributed by atoms with E-state index in [4.69, 9.17) is 0 Å². The molecule has 4 heteroatoms. The van der Waals surface area contributed by atoms with Gasteiger partial charge in [-0.15, -0.1) is 0 Å². The summed E-state index contributed by atoms with van der Waals surface area (Å²) in [5.74, 6) is 0.163. The minimum absolute atomic E-state index is 0.163. The summed E-state index contributed by atoms with van der Waals surface area (Å²) < 4.78 is 0. The van der Waals surface area contributed by atoms with Crippen molar-refractivity contribution in [3.8, 4) is 0 Å². The summed E-state index contributed by atoms with van der Waals surface area (Å²) >= 11 is 0. The number of fused-ring (bicyclic) bond motifs is 1. The van der Waals surface area contributed by atoms with Gasteiger partial charge in [0.2, 0.25) is 5.91 Å². The molecular formula is C20H27N3O. The third kappa shape index (κ3) is 3.20. The largest absolute Gasteiger partial charge is 0.361 e. The Morgan fingerprint density at radius 2 is 1.92 bits per heavy atom. The van der Waals surface area contributed by atoms with Gasteiger partial charge in [-0.3, -0.25) is 9.69 Å². The van der Waals surface area contributed by atoms with Crippen LogP contribution in [-0.2, 0) is 11.2 Å². The lowest BCUT2D eigenvalue weighted by atomic mass is 9.89. The minimum atomic E-state index is 0.163. The number of carbonyl (C=O) groups is 1. The molecule has 24 heavy (non-hydrogen) atoms.